The van der Waals surface area contributed by atoms with Crippen LogP contribution in [0.3, 0.4) is 0 Å². The van der Waals surface area contributed by atoms with Crippen molar-refractivity contribution in [3.05, 3.63) is 55.6 Å². The number of carbonyl (C=O) groups is 3. The molecular weight excluding hydrogens is 510 g/mol. The fourth-order valence-corrected chi connectivity index (χ4v) is 9.41. The molecule has 3 amide bonds. The number of fused-ring (bicyclic) bond motifs is 1. The van der Waals surface area contributed by atoms with Gasteiger partial charge in [0, 0.05) is 29.6 Å². The maximum Gasteiger partial charge on any atom is 0.247 e. The Balaban J connectivity index is 1.85. The molecule has 0 saturated carbocycles. The lowest BCUT2D eigenvalue weighted by Gasteiger charge is -2.41. The fourth-order valence-electron chi connectivity index (χ4n) is 7.08. The molecule has 8 heteroatoms. The molecule has 1 N–H and O–H groups in total. The van der Waals surface area contributed by atoms with Gasteiger partial charge in [0.25, 0.3) is 0 Å². The first kappa shape index (κ1) is 29.4. The third-order valence-electron chi connectivity index (χ3n) is 8.91. The second kappa shape index (κ2) is 11.1. The SMILES string of the molecule is C=CCN(C(=O)[C@H]1[C@H]2C(=O)N([C@@H](CO)C(C)C)C(C(=O)N(CC=C)C(C)C)C23CC[C@]1(C)S3)c1ccccc1. The van der Waals surface area contributed by atoms with Crippen LogP contribution in [0.15, 0.2) is 55.6 Å². The highest BCUT2D eigenvalue weighted by Gasteiger charge is 2.78. The Kier molecular flexibility index (Phi) is 8.39. The van der Waals surface area contributed by atoms with E-state index in [0.29, 0.717) is 19.5 Å². The first-order valence-electron chi connectivity index (χ1n) is 14.0. The summed E-state index contributed by atoms with van der Waals surface area (Å²) in [5.74, 6) is -1.74. The smallest absolute Gasteiger partial charge is 0.247 e. The van der Waals surface area contributed by atoms with E-state index in [1.54, 1.807) is 38.6 Å². The Morgan fingerprint density at radius 3 is 2.28 bits per heavy atom. The molecule has 3 fully saturated rings. The minimum Gasteiger partial charge on any atom is -0.394 e. The third-order valence-corrected chi connectivity index (χ3v) is 10.9. The van der Waals surface area contributed by atoms with Crippen molar-refractivity contribution in [2.24, 2.45) is 17.8 Å². The molecule has 1 spiro atoms. The van der Waals surface area contributed by atoms with Gasteiger partial charge in [-0.15, -0.1) is 24.9 Å². The second-order valence-corrected chi connectivity index (χ2v) is 13.8. The lowest BCUT2D eigenvalue weighted by atomic mass is 9.66. The zero-order chi connectivity index (χ0) is 28.7. The summed E-state index contributed by atoms with van der Waals surface area (Å²) in [6.07, 6.45) is 4.82. The highest BCUT2D eigenvalue weighted by Crippen LogP contribution is 2.72. The quantitative estimate of drug-likeness (QED) is 0.417. The average Bonchev–Trinajstić information content (AvgIpc) is 3.46. The number of aliphatic hydroxyl groups excluding tert-OH is 1. The third kappa shape index (κ3) is 4.63. The van der Waals surface area contributed by atoms with E-state index in [4.69, 9.17) is 0 Å². The van der Waals surface area contributed by atoms with Crippen LogP contribution in [0.5, 0.6) is 0 Å². The number of aliphatic hydroxyl groups is 1. The van der Waals surface area contributed by atoms with E-state index in [-0.39, 0.29) is 36.3 Å². The van der Waals surface area contributed by atoms with Gasteiger partial charge in [0.2, 0.25) is 17.7 Å². The number of anilines is 1. The number of benzene rings is 1. The summed E-state index contributed by atoms with van der Waals surface area (Å²) in [6, 6.07) is 8.11. The van der Waals surface area contributed by atoms with Crippen molar-refractivity contribution in [2.75, 3.05) is 24.6 Å². The summed E-state index contributed by atoms with van der Waals surface area (Å²) in [6.45, 7) is 18.1. The molecular formula is C31H43N3O4S. The first-order valence-corrected chi connectivity index (χ1v) is 14.8. The molecule has 3 saturated heterocycles. The molecule has 3 aliphatic heterocycles. The van der Waals surface area contributed by atoms with Gasteiger partial charge < -0.3 is 19.8 Å². The molecule has 0 radical (unpaired) electrons. The van der Waals surface area contributed by atoms with Gasteiger partial charge in [-0.3, -0.25) is 14.4 Å². The molecule has 0 aromatic heterocycles. The maximum atomic E-state index is 14.5. The number of amides is 3. The summed E-state index contributed by atoms with van der Waals surface area (Å²) in [5.41, 5.74) is 0.759. The summed E-state index contributed by atoms with van der Waals surface area (Å²) in [7, 11) is 0. The Morgan fingerprint density at radius 2 is 1.74 bits per heavy atom. The van der Waals surface area contributed by atoms with Crippen LogP contribution >= 0.6 is 11.8 Å². The van der Waals surface area contributed by atoms with E-state index in [1.165, 1.54) is 0 Å². The van der Waals surface area contributed by atoms with Gasteiger partial charge in [0.05, 0.1) is 29.2 Å². The van der Waals surface area contributed by atoms with Crippen molar-refractivity contribution in [1.82, 2.24) is 9.80 Å². The summed E-state index contributed by atoms with van der Waals surface area (Å²) in [5, 5.41) is 10.5. The van der Waals surface area contributed by atoms with Gasteiger partial charge in [0.1, 0.15) is 6.04 Å². The molecule has 212 valence electrons. The van der Waals surface area contributed by atoms with Crippen molar-refractivity contribution < 1.29 is 19.5 Å². The van der Waals surface area contributed by atoms with E-state index in [1.807, 2.05) is 58.0 Å². The molecule has 0 aliphatic carbocycles. The maximum absolute atomic E-state index is 14.5. The minimum absolute atomic E-state index is 0.0649. The predicted molar refractivity (Wildman–Crippen MR) is 157 cm³/mol. The first-order chi connectivity index (χ1) is 18.5. The number of likely N-dealkylation sites (tertiary alicyclic amines) is 1. The molecule has 6 atom stereocenters. The predicted octanol–water partition coefficient (Wildman–Crippen LogP) is 4.13. The van der Waals surface area contributed by atoms with E-state index < -0.39 is 33.4 Å². The van der Waals surface area contributed by atoms with Gasteiger partial charge in [-0.2, -0.15) is 0 Å². The average molecular weight is 554 g/mol. The molecule has 3 heterocycles. The largest absolute Gasteiger partial charge is 0.394 e. The van der Waals surface area contributed by atoms with Crippen LogP contribution in [0.25, 0.3) is 0 Å². The number of hydrogen-bond acceptors (Lipinski definition) is 5. The van der Waals surface area contributed by atoms with Crippen LogP contribution in [0, 0.1) is 17.8 Å². The number of carbonyl (C=O) groups excluding carboxylic acids is 3. The molecule has 1 aromatic rings. The monoisotopic (exact) mass is 553 g/mol. The zero-order valence-electron chi connectivity index (χ0n) is 23.9. The van der Waals surface area contributed by atoms with E-state index in [9.17, 15) is 19.5 Å². The number of para-hydroxylation sites is 1. The molecule has 2 unspecified atom stereocenters. The summed E-state index contributed by atoms with van der Waals surface area (Å²) < 4.78 is -1.22. The van der Waals surface area contributed by atoms with E-state index in [0.717, 1.165) is 12.1 Å². The summed E-state index contributed by atoms with van der Waals surface area (Å²) in [4.78, 5) is 48.6. The number of thioether (sulfide) groups is 1. The Labute approximate surface area is 237 Å². The van der Waals surface area contributed by atoms with Crippen LogP contribution in [-0.2, 0) is 14.4 Å². The summed E-state index contributed by atoms with van der Waals surface area (Å²) >= 11 is 1.66. The van der Waals surface area contributed by atoms with Crippen molar-refractivity contribution in [1.29, 1.82) is 0 Å². The van der Waals surface area contributed by atoms with Crippen molar-refractivity contribution >= 4 is 35.2 Å². The van der Waals surface area contributed by atoms with Crippen LogP contribution in [0.2, 0.25) is 0 Å². The van der Waals surface area contributed by atoms with Gasteiger partial charge in [-0.1, -0.05) is 44.2 Å². The van der Waals surface area contributed by atoms with Crippen molar-refractivity contribution in [3.63, 3.8) is 0 Å². The lowest BCUT2D eigenvalue weighted by Crippen LogP contribution is -2.59. The molecule has 1 aromatic carbocycles. The standard InChI is InChI=1S/C31H43N3O4S/c1-8-17-32(21(5)6)29(38)26-31-16-15-30(7,39-31)24(25(31)28(37)34(26)23(19-35)20(3)4)27(36)33(18-9-2)22-13-11-10-12-14-22/h8-14,20-21,23-26,35H,1-2,15-19H2,3-7H3/t23-,24+,25-,26?,30-,31?/m0/s1. The van der Waals surface area contributed by atoms with Crippen LogP contribution in [-0.4, -0.2) is 79.9 Å². The Bertz CT molecular complexity index is 1120. The number of rotatable bonds is 11. The van der Waals surface area contributed by atoms with Crippen molar-refractivity contribution in [3.8, 4) is 0 Å². The molecule has 2 bridgehead atoms. The van der Waals surface area contributed by atoms with Crippen LogP contribution in [0.4, 0.5) is 5.69 Å². The van der Waals surface area contributed by atoms with Gasteiger partial charge in [-0.25, -0.2) is 0 Å². The zero-order valence-corrected chi connectivity index (χ0v) is 24.7. The molecule has 4 rings (SSSR count). The normalized spacial score (nSPS) is 30.0. The van der Waals surface area contributed by atoms with Crippen LogP contribution in [0.1, 0.15) is 47.5 Å². The van der Waals surface area contributed by atoms with Crippen molar-refractivity contribution in [2.45, 2.75) is 75.1 Å². The fraction of sp³-hybridized carbons (Fsp3) is 0.581. The lowest BCUT2D eigenvalue weighted by molar-refractivity contribution is -0.147. The number of nitrogens with zero attached hydrogens (tertiary/aromatic N) is 3. The molecule has 7 nitrogen and oxygen atoms in total. The highest BCUT2D eigenvalue weighted by atomic mass is 32.2. The Hall–Kier alpha value is -2.58. The Morgan fingerprint density at radius 1 is 1.10 bits per heavy atom. The minimum atomic E-state index is -0.758. The van der Waals surface area contributed by atoms with E-state index >= 15 is 0 Å². The molecule has 3 aliphatic rings. The van der Waals surface area contributed by atoms with E-state index in [2.05, 4.69) is 20.1 Å². The second-order valence-electron chi connectivity index (χ2n) is 11.9. The highest BCUT2D eigenvalue weighted by molar-refractivity contribution is 8.02. The van der Waals surface area contributed by atoms with Gasteiger partial charge in [0.15, 0.2) is 0 Å². The number of hydrogen-bond donors (Lipinski definition) is 1. The topological polar surface area (TPSA) is 81.2 Å². The van der Waals surface area contributed by atoms with Crippen LogP contribution < -0.4 is 4.90 Å². The van der Waals surface area contributed by atoms with Gasteiger partial charge >= 0.3 is 0 Å². The van der Waals surface area contributed by atoms with Gasteiger partial charge in [-0.05, 0) is 51.7 Å². The molecule has 39 heavy (non-hydrogen) atoms.